The number of nitrogens with one attached hydrogen (secondary N) is 3. The van der Waals surface area contributed by atoms with Crippen molar-refractivity contribution in [2.24, 2.45) is 5.92 Å². The van der Waals surface area contributed by atoms with E-state index in [1.165, 1.54) is 6.07 Å². The summed E-state index contributed by atoms with van der Waals surface area (Å²) in [6, 6.07) is 8.44. The number of ether oxygens (including phenoxy) is 2. The van der Waals surface area contributed by atoms with E-state index in [2.05, 4.69) is 20.9 Å². The maximum absolute atomic E-state index is 14.9. The first-order chi connectivity index (χ1) is 17.1. The first-order valence-electron chi connectivity index (χ1n) is 13.0. The third-order valence-corrected chi connectivity index (χ3v) is 7.83. The Bertz CT molecular complexity index is 974. The van der Waals surface area contributed by atoms with E-state index in [9.17, 15) is 4.39 Å². The number of hydrogen-bond donors (Lipinski definition) is 3. The van der Waals surface area contributed by atoms with Gasteiger partial charge in [-0.1, -0.05) is 11.6 Å². The summed E-state index contributed by atoms with van der Waals surface area (Å²) in [4.78, 5) is 4.49. The molecule has 3 aliphatic rings. The molecule has 0 spiro atoms. The molecule has 1 aromatic heterocycles. The van der Waals surface area contributed by atoms with E-state index in [1.807, 2.05) is 12.1 Å². The molecule has 2 aliphatic heterocycles. The van der Waals surface area contributed by atoms with Crippen molar-refractivity contribution in [3.8, 4) is 11.1 Å². The van der Waals surface area contributed by atoms with Gasteiger partial charge in [0.2, 0.25) is 0 Å². The van der Waals surface area contributed by atoms with Crippen molar-refractivity contribution in [1.82, 2.24) is 10.3 Å². The van der Waals surface area contributed by atoms with Gasteiger partial charge < -0.3 is 25.4 Å². The average Bonchev–Trinajstić information content (AvgIpc) is 3.40. The highest BCUT2D eigenvalue weighted by molar-refractivity contribution is 6.33. The molecule has 3 fully saturated rings. The SMILES string of the molecule is Fc1ccc(NCC2CCOCC2)cc1-c1cc(NC2CCC(NC3CCOC3)CC2)ncc1Cl. The number of aromatic nitrogens is 1. The lowest BCUT2D eigenvalue weighted by molar-refractivity contribution is 0.0699. The Morgan fingerprint density at radius 2 is 1.66 bits per heavy atom. The van der Waals surface area contributed by atoms with Gasteiger partial charge in [0, 0.05) is 67.5 Å². The zero-order valence-corrected chi connectivity index (χ0v) is 21.0. The van der Waals surface area contributed by atoms with Crippen LogP contribution < -0.4 is 16.0 Å². The highest BCUT2D eigenvalue weighted by atomic mass is 35.5. The number of halogens is 2. The minimum absolute atomic E-state index is 0.289. The predicted octanol–water partition coefficient (Wildman–Crippen LogP) is 5.48. The second-order valence-electron chi connectivity index (χ2n) is 10.1. The smallest absolute Gasteiger partial charge is 0.131 e. The van der Waals surface area contributed by atoms with E-state index in [0.717, 1.165) is 89.4 Å². The molecule has 3 N–H and O–H groups in total. The van der Waals surface area contributed by atoms with Crippen molar-refractivity contribution in [1.29, 1.82) is 0 Å². The molecule has 2 saturated heterocycles. The Morgan fingerprint density at radius 3 is 2.43 bits per heavy atom. The molecule has 6 nitrogen and oxygen atoms in total. The normalized spacial score (nSPS) is 25.5. The van der Waals surface area contributed by atoms with Gasteiger partial charge in [0.15, 0.2) is 0 Å². The topological polar surface area (TPSA) is 67.4 Å². The van der Waals surface area contributed by atoms with Gasteiger partial charge in [-0.3, -0.25) is 0 Å². The molecule has 1 saturated carbocycles. The fraction of sp³-hybridized carbons (Fsp3) is 0.593. The Balaban J connectivity index is 1.21. The van der Waals surface area contributed by atoms with Gasteiger partial charge in [0.1, 0.15) is 11.6 Å². The van der Waals surface area contributed by atoms with E-state index in [-0.39, 0.29) is 5.82 Å². The fourth-order valence-electron chi connectivity index (χ4n) is 5.39. The summed E-state index contributed by atoms with van der Waals surface area (Å²) in [5.74, 6) is 1.03. The minimum Gasteiger partial charge on any atom is -0.385 e. The predicted molar refractivity (Wildman–Crippen MR) is 139 cm³/mol. The lowest BCUT2D eigenvalue weighted by Crippen LogP contribution is -2.42. The van der Waals surface area contributed by atoms with Crippen LogP contribution in [0.1, 0.15) is 44.9 Å². The van der Waals surface area contributed by atoms with E-state index >= 15 is 0 Å². The highest BCUT2D eigenvalue weighted by Crippen LogP contribution is 2.34. The summed E-state index contributed by atoms with van der Waals surface area (Å²) in [5.41, 5.74) is 2.05. The zero-order valence-electron chi connectivity index (χ0n) is 20.2. The van der Waals surface area contributed by atoms with E-state index in [0.29, 0.717) is 40.2 Å². The molecular weight excluding hydrogens is 467 g/mol. The largest absolute Gasteiger partial charge is 0.385 e. The van der Waals surface area contributed by atoms with Crippen LogP contribution in [0.3, 0.4) is 0 Å². The third-order valence-electron chi connectivity index (χ3n) is 7.53. The summed E-state index contributed by atoms with van der Waals surface area (Å²) >= 11 is 6.49. The maximum atomic E-state index is 14.9. The molecule has 2 aromatic rings. The lowest BCUT2D eigenvalue weighted by atomic mass is 9.90. The summed E-state index contributed by atoms with van der Waals surface area (Å²) in [6.07, 6.45) is 9.24. The average molecular weight is 503 g/mol. The van der Waals surface area contributed by atoms with Crippen LogP contribution in [0.5, 0.6) is 0 Å². The molecule has 1 aliphatic carbocycles. The van der Waals surface area contributed by atoms with E-state index in [1.54, 1.807) is 12.3 Å². The molecule has 8 heteroatoms. The zero-order chi connectivity index (χ0) is 24.0. The van der Waals surface area contributed by atoms with Crippen LogP contribution in [-0.4, -0.2) is 56.1 Å². The van der Waals surface area contributed by atoms with Gasteiger partial charge in [-0.05, 0) is 75.1 Å². The molecule has 0 bridgehead atoms. The molecule has 0 radical (unpaired) electrons. The van der Waals surface area contributed by atoms with Crippen LogP contribution in [0.15, 0.2) is 30.5 Å². The highest BCUT2D eigenvalue weighted by Gasteiger charge is 2.25. The van der Waals surface area contributed by atoms with Crippen LogP contribution in [-0.2, 0) is 9.47 Å². The fourth-order valence-corrected chi connectivity index (χ4v) is 5.60. The van der Waals surface area contributed by atoms with Gasteiger partial charge in [-0.2, -0.15) is 0 Å². The van der Waals surface area contributed by atoms with Crippen molar-refractivity contribution < 1.29 is 13.9 Å². The summed E-state index contributed by atoms with van der Waals surface area (Å²) in [5, 5.41) is 11.2. The number of hydrogen-bond acceptors (Lipinski definition) is 6. The second kappa shape index (κ2) is 11.9. The standard InChI is InChI=1S/C27H36ClFN4O2/c28-25-16-31-27(33-20-3-1-19(2-4-20)32-22-9-12-35-17-22)14-23(25)24-13-21(5-6-26(24)29)30-15-18-7-10-34-11-8-18/h5-6,13-14,16,18-20,22,30,32H,1-4,7-12,15,17H2,(H,31,33). The molecule has 5 rings (SSSR count). The maximum Gasteiger partial charge on any atom is 0.131 e. The Labute approximate surface area is 212 Å². The first kappa shape index (κ1) is 24.8. The van der Waals surface area contributed by atoms with E-state index in [4.69, 9.17) is 21.1 Å². The Kier molecular flexibility index (Phi) is 8.39. The van der Waals surface area contributed by atoms with Crippen LogP contribution >= 0.6 is 11.6 Å². The summed E-state index contributed by atoms with van der Waals surface area (Å²) in [6.45, 7) is 4.19. The Morgan fingerprint density at radius 1 is 0.886 bits per heavy atom. The van der Waals surface area contributed by atoms with Crippen LogP contribution in [0.2, 0.25) is 5.02 Å². The lowest BCUT2D eigenvalue weighted by Gasteiger charge is -2.31. The van der Waals surface area contributed by atoms with Gasteiger partial charge in [0.05, 0.1) is 11.6 Å². The van der Waals surface area contributed by atoms with Crippen molar-refractivity contribution in [3.63, 3.8) is 0 Å². The van der Waals surface area contributed by atoms with Crippen molar-refractivity contribution in [3.05, 3.63) is 41.3 Å². The molecule has 3 heterocycles. The monoisotopic (exact) mass is 502 g/mol. The molecular formula is C27H36ClFN4O2. The van der Waals surface area contributed by atoms with Crippen LogP contribution in [0.4, 0.5) is 15.9 Å². The van der Waals surface area contributed by atoms with Gasteiger partial charge >= 0.3 is 0 Å². The van der Waals surface area contributed by atoms with Crippen molar-refractivity contribution in [2.45, 2.75) is 63.1 Å². The second-order valence-corrected chi connectivity index (χ2v) is 10.5. The van der Waals surface area contributed by atoms with Crippen LogP contribution in [0.25, 0.3) is 11.1 Å². The summed E-state index contributed by atoms with van der Waals surface area (Å²) < 4.78 is 25.8. The number of nitrogens with zero attached hydrogens (tertiary/aromatic N) is 1. The quantitative estimate of drug-likeness (QED) is 0.444. The number of pyridine rings is 1. The third kappa shape index (κ3) is 6.64. The number of rotatable bonds is 8. The molecule has 1 unspecified atom stereocenters. The van der Waals surface area contributed by atoms with Gasteiger partial charge in [0.25, 0.3) is 0 Å². The van der Waals surface area contributed by atoms with Crippen LogP contribution in [0, 0.1) is 11.7 Å². The van der Waals surface area contributed by atoms with Gasteiger partial charge in [-0.15, -0.1) is 0 Å². The van der Waals surface area contributed by atoms with E-state index < -0.39 is 0 Å². The van der Waals surface area contributed by atoms with Crippen molar-refractivity contribution in [2.75, 3.05) is 43.6 Å². The molecule has 0 amide bonds. The van der Waals surface area contributed by atoms with Crippen molar-refractivity contribution >= 4 is 23.1 Å². The molecule has 1 atom stereocenters. The minimum atomic E-state index is -0.289. The number of anilines is 2. The first-order valence-corrected chi connectivity index (χ1v) is 13.4. The molecule has 1 aromatic carbocycles. The summed E-state index contributed by atoms with van der Waals surface area (Å²) in [7, 11) is 0. The van der Waals surface area contributed by atoms with Gasteiger partial charge in [-0.25, -0.2) is 9.37 Å². The Hall–Kier alpha value is -1.93. The molecule has 190 valence electrons. The number of benzene rings is 1. The molecule has 35 heavy (non-hydrogen) atoms.